The van der Waals surface area contributed by atoms with Gasteiger partial charge in [0.15, 0.2) is 0 Å². The Balaban J connectivity index is 1.48. The predicted octanol–water partition coefficient (Wildman–Crippen LogP) is 4.40. The summed E-state index contributed by atoms with van der Waals surface area (Å²) in [5, 5.41) is 8.81. The zero-order valence-electron chi connectivity index (χ0n) is 13.4. The average molecular weight is 322 g/mol. The smallest absolute Gasteiger partial charge is 0.0476 e. The number of rotatable bonds is 4. The Kier molecular flexibility index (Phi) is 4.17. The fourth-order valence-corrected chi connectivity index (χ4v) is 4.60. The van der Waals surface area contributed by atoms with E-state index in [2.05, 4.69) is 72.2 Å². The molecule has 1 saturated heterocycles. The van der Waals surface area contributed by atoms with Crippen LogP contribution >= 0.6 is 11.3 Å². The molecule has 0 unspecified atom stereocenters. The van der Waals surface area contributed by atoms with E-state index < -0.39 is 0 Å². The van der Waals surface area contributed by atoms with E-state index in [0.717, 1.165) is 13.1 Å². The maximum absolute atomic E-state index is 3.77. The Morgan fingerprint density at radius 3 is 2.83 bits per heavy atom. The highest BCUT2D eigenvalue weighted by Crippen LogP contribution is 2.29. The summed E-state index contributed by atoms with van der Waals surface area (Å²) in [4.78, 5) is 1.42. The van der Waals surface area contributed by atoms with Crippen molar-refractivity contribution < 1.29 is 0 Å². The van der Waals surface area contributed by atoms with E-state index in [1.54, 1.807) is 0 Å². The summed E-state index contributed by atoms with van der Waals surface area (Å²) in [5.41, 5.74) is 2.75. The van der Waals surface area contributed by atoms with E-state index in [4.69, 9.17) is 0 Å². The monoisotopic (exact) mass is 322 g/mol. The second-order valence-corrected chi connectivity index (χ2v) is 7.49. The quantitative estimate of drug-likeness (QED) is 0.744. The van der Waals surface area contributed by atoms with Crippen molar-refractivity contribution in [2.45, 2.75) is 32.0 Å². The van der Waals surface area contributed by atoms with Gasteiger partial charge in [-0.3, -0.25) is 0 Å². The number of hydrogen-bond donors (Lipinski definition) is 2. The van der Waals surface area contributed by atoms with Gasteiger partial charge in [0.2, 0.25) is 0 Å². The Labute approximate surface area is 141 Å². The van der Waals surface area contributed by atoms with Gasteiger partial charge < -0.3 is 10.6 Å². The highest BCUT2D eigenvalue weighted by molar-refractivity contribution is 7.19. The molecule has 0 spiro atoms. The lowest BCUT2D eigenvalue weighted by atomic mass is 10.0. The molecule has 0 bridgehead atoms. The van der Waals surface area contributed by atoms with Gasteiger partial charge in [-0.2, -0.15) is 0 Å². The summed E-state index contributed by atoms with van der Waals surface area (Å²) in [7, 11) is 0. The highest BCUT2D eigenvalue weighted by atomic mass is 32.1. The van der Waals surface area contributed by atoms with Gasteiger partial charge in [0.25, 0.3) is 0 Å². The Morgan fingerprint density at radius 2 is 2.00 bits per heavy atom. The van der Waals surface area contributed by atoms with Crippen LogP contribution in [-0.4, -0.2) is 12.6 Å². The van der Waals surface area contributed by atoms with Gasteiger partial charge >= 0.3 is 0 Å². The first-order valence-electron chi connectivity index (χ1n) is 8.31. The van der Waals surface area contributed by atoms with Crippen molar-refractivity contribution >= 4 is 21.4 Å². The average Bonchev–Trinajstić information content (AvgIpc) is 3.21. The van der Waals surface area contributed by atoms with Crippen LogP contribution in [0.25, 0.3) is 10.1 Å². The summed E-state index contributed by atoms with van der Waals surface area (Å²) < 4.78 is 1.39. The fourth-order valence-electron chi connectivity index (χ4n) is 3.51. The standard InChI is InChI=1S/C20H22N2S/c1-14-6-5-9-19-17(14)12-16(23-19)13-22-18-10-11-21-20(18)15-7-3-2-4-8-15/h2-9,12,18,20-22H,10-11,13H2,1H3/t18-,20-/m0/s1. The fraction of sp³-hybridized carbons (Fsp3) is 0.300. The molecule has 1 aromatic heterocycles. The van der Waals surface area contributed by atoms with Gasteiger partial charge in [-0.1, -0.05) is 42.5 Å². The molecule has 0 radical (unpaired) electrons. The minimum Gasteiger partial charge on any atom is -0.309 e. The normalized spacial score (nSPS) is 21.1. The molecule has 0 amide bonds. The van der Waals surface area contributed by atoms with Gasteiger partial charge in [-0.05, 0) is 48.5 Å². The molecule has 2 N–H and O–H groups in total. The molecule has 3 heteroatoms. The summed E-state index contributed by atoms with van der Waals surface area (Å²) in [6, 6.07) is 20.6. The van der Waals surface area contributed by atoms with Crippen LogP contribution in [0.3, 0.4) is 0 Å². The number of hydrogen-bond acceptors (Lipinski definition) is 3. The van der Waals surface area contributed by atoms with Crippen LogP contribution in [0, 0.1) is 6.92 Å². The third-order valence-corrected chi connectivity index (χ3v) is 5.85. The van der Waals surface area contributed by atoms with Gasteiger partial charge in [-0.15, -0.1) is 11.3 Å². The lowest BCUT2D eigenvalue weighted by Gasteiger charge is -2.21. The lowest BCUT2D eigenvalue weighted by Crippen LogP contribution is -2.33. The largest absolute Gasteiger partial charge is 0.309 e. The minimum atomic E-state index is 0.423. The van der Waals surface area contributed by atoms with E-state index in [-0.39, 0.29) is 0 Å². The van der Waals surface area contributed by atoms with E-state index in [9.17, 15) is 0 Å². The van der Waals surface area contributed by atoms with Gasteiger partial charge in [0, 0.05) is 28.2 Å². The van der Waals surface area contributed by atoms with Crippen molar-refractivity contribution in [2.24, 2.45) is 0 Å². The molecule has 2 aromatic carbocycles. The van der Waals surface area contributed by atoms with E-state index >= 15 is 0 Å². The van der Waals surface area contributed by atoms with Crippen LogP contribution in [-0.2, 0) is 6.54 Å². The van der Waals surface area contributed by atoms with Crippen molar-refractivity contribution in [3.05, 3.63) is 70.6 Å². The lowest BCUT2D eigenvalue weighted by molar-refractivity contribution is 0.463. The Bertz CT molecular complexity index is 794. The van der Waals surface area contributed by atoms with Gasteiger partial charge in [0.05, 0.1) is 0 Å². The van der Waals surface area contributed by atoms with Crippen molar-refractivity contribution in [1.29, 1.82) is 0 Å². The van der Waals surface area contributed by atoms with E-state index in [1.165, 1.54) is 32.5 Å². The molecular weight excluding hydrogens is 300 g/mol. The third kappa shape index (κ3) is 3.05. The number of aryl methyl sites for hydroxylation is 1. The van der Waals surface area contributed by atoms with Crippen LogP contribution in [0.2, 0.25) is 0 Å². The zero-order chi connectivity index (χ0) is 15.6. The van der Waals surface area contributed by atoms with E-state index in [0.29, 0.717) is 12.1 Å². The molecule has 2 heterocycles. The molecule has 1 aliphatic heterocycles. The minimum absolute atomic E-state index is 0.423. The third-order valence-electron chi connectivity index (χ3n) is 4.75. The highest BCUT2D eigenvalue weighted by Gasteiger charge is 2.27. The second kappa shape index (κ2) is 6.44. The van der Waals surface area contributed by atoms with E-state index in [1.807, 2.05) is 11.3 Å². The van der Waals surface area contributed by atoms with Crippen molar-refractivity contribution in [3.63, 3.8) is 0 Å². The first-order valence-corrected chi connectivity index (χ1v) is 9.13. The number of benzene rings is 2. The first kappa shape index (κ1) is 14.9. The topological polar surface area (TPSA) is 24.1 Å². The molecule has 1 aliphatic rings. The van der Waals surface area contributed by atoms with Gasteiger partial charge in [0.1, 0.15) is 0 Å². The van der Waals surface area contributed by atoms with Crippen molar-refractivity contribution in [2.75, 3.05) is 6.54 Å². The zero-order valence-corrected chi connectivity index (χ0v) is 14.2. The van der Waals surface area contributed by atoms with Crippen LogP contribution in [0.1, 0.15) is 28.5 Å². The molecule has 0 saturated carbocycles. The summed E-state index contributed by atoms with van der Waals surface area (Å²) >= 11 is 1.91. The molecule has 1 fully saturated rings. The van der Waals surface area contributed by atoms with Crippen LogP contribution in [0.15, 0.2) is 54.6 Å². The second-order valence-electron chi connectivity index (χ2n) is 6.32. The molecule has 4 rings (SSSR count). The predicted molar refractivity (Wildman–Crippen MR) is 99.0 cm³/mol. The Hall–Kier alpha value is -1.68. The summed E-state index contributed by atoms with van der Waals surface area (Å²) in [6.45, 7) is 4.23. The van der Waals surface area contributed by atoms with Gasteiger partial charge in [-0.25, -0.2) is 0 Å². The van der Waals surface area contributed by atoms with Crippen molar-refractivity contribution in [3.8, 4) is 0 Å². The summed E-state index contributed by atoms with van der Waals surface area (Å²) in [6.07, 6.45) is 1.18. The van der Waals surface area contributed by atoms with Crippen LogP contribution in [0.5, 0.6) is 0 Å². The molecule has 0 aliphatic carbocycles. The maximum Gasteiger partial charge on any atom is 0.0476 e. The number of fused-ring (bicyclic) bond motifs is 1. The molecular formula is C20H22N2S. The first-order chi connectivity index (χ1) is 11.3. The Morgan fingerprint density at radius 1 is 1.13 bits per heavy atom. The van der Waals surface area contributed by atoms with Crippen molar-refractivity contribution in [1.82, 2.24) is 10.6 Å². The number of nitrogens with one attached hydrogen (secondary N) is 2. The molecule has 118 valence electrons. The molecule has 23 heavy (non-hydrogen) atoms. The molecule has 3 aromatic rings. The number of thiophene rings is 1. The molecule has 2 nitrogen and oxygen atoms in total. The maximum atomic E-state index is 3.77. The SMILES string of the molecule is Cc1cccc2sc(CN[C@H]3CCN[C@H]3c3ccccc3)cc12. The van der Waals surface area contributed by atoms with Crippen LogP contribution < -0.4 is 10.6 Å². The summed E-state index contributed by atoms with van der Waals surface area (Å²) in [5.74, 6) is 0. The van der Waals surface area contributed by atoms with Crippen LogP contribution in [0.4, 0.5) is 0 Å². The molecule has 2 atom stereocenters.